The number of nitrogens with two attached hydrogens (primary N) is 1. The fourth-order valence-corrected chi connectivity index (χ4v) is 1.62. The molecular formula is C14H14N4. The lowest BCUT2D eigenvalue weighted by atomic mass is 10.1. The summed E-state index contributed by atoms with van der Waals surface area (Å²) in [6, 6.07) is 11.4. The topological polar surface area (TPSA) is 74.7 Å². The van der Waals surface area contributed by atoms with E-state index in [1.54, 1.807) is 6.07 Å². The summed E-state index contributed by atoms with van der Waals surface area (Å²) in [5.74, 6) is 0. The molecule has 0 amide bonds. The van der Waals surface area contributed by atoms with Gasteiger partial charge in [0.2, 0.25) is 0 Å². The number of nitriles is 1. The SMILES string of the molecule is Cc1ccc(CNc2cccc(C#N)c2N)cn1. The van der Waals surface area contributed by atoms with Crippen LogP contribution in [0.2, 0.25) is 0 Å². The van der Waals surface area contributed by atoms with Gasteiger partial charge in [0, 0.05) is 18.4 Å². The second-order valence-electron chi connectivity index (χ2n) is 4.04. The van der Waals surface area contributed by atoms with Crippen molar-refractivity contribution in [2.75, 3.05) is 11.1 Å². The van der Waals surface area contributed by atoms with Crippen molar-refractivity contribution in [2.24, 2.45) is 0 Å². The first-order valence-corrected chi connectivity index (χ1v) is 5.64. The molecule has 0 unspecified atom stereocenters. The molecule has 2 rings (SSSR count). The minimum atomic E-state index is 0.486. The predicted octanol–water partition coefficient (Wildman–Crippen LogP) is 2.46. The number of aromatic nitrogens is 1. The van der Waals surface area contributed by atoms with Crippen LogP contribution in [0.4, 0.5) is 11.4 Å². The fourth-order valence-electron chi connectivity index (χ4n) is 1.62. The van der Waals surface area contributed by atoms with E-state index in [9.17, 15) is 0 Å². The van der Waals surface area contributed by atoms with Gasteiger partial charge in [-0.2, -0.15) is 5.26 Å². The van der Waals surface area contributed by atoms with Crippen molar-refractivity contribution >= 4 is 11.4 Å². The molecule has 1 aromatic carbocycles. The lowest BCUT2D eigenvalue weighted by molar-refractivity contribution is 1.09. The number of anilines is 2. The summed E-state index contributed by atoms with van der Waals surface area (Å²) in [6.45, 7) is 2.58. The Hall–Kier alpha value is -2.54. The van der Waals surface area contributed by atoms with Gasteiger partial charge in [0.25, 0.3) is 0 Å². The fraction of sp³-hybridized carbons (Fsp3) is 0.143. The normalized spacial score (nSPS) is 9.78. The number of hydrogen-bond acceptors (Lipinski definition) is 4. The minimum Gasteiger partial charge on any atom is -0.396 e. The zero-order valence-corrected chi connectivity index (χ0v) is 10.1. The van der Waals surface area contributed by atoms with E-state index in [4.69, 9.17) is 11.0 Å². The van der Waals surface area contributed by atoms with Gasteiger partial charge in [0.05, 0.1) is 16.9 Å². The van der Waals surface area contributed by atoms with E-state index >= 15 is 0 Å². The van der Waals surface area contributed by atoms with Crippen LogP contribution in [-0.4, -0.2) is 4.98 Å². The molecule has 0 atom stereocenters. The van der Waals surface area contributed by atoms with Crippen molar-refractivity contribution in [3.05, 3.63) is 53.3 Å². The van der Waals surface area contributed by atoms with E-state index in [2.05, 4.69) is 16.4 Å². The molecule has 90 valence electrons. The number of hydrogen-bond donors (Lipinski definition) is 2. The Labute approximate surface area is 106 Å². The highest BCUT2D eigenvalue weighted by molar-refractivity contribution is 5.72. The number of nitrogen functional groups attached to an aromatic ring is 1. The third kappa shape index (κ3) is 2.58. The molecule has 0 aliphatic rings. The van der Waals surface area contributed by atoms with Crippen LogP contribution in [0.5, 0.6) is 0 Å². The van der Waals surface area contributed by atoms with E-state index in [0.717, 1.165) is 16.9 Å². The van der Waals surface area contributed by atoms with Crippen LogP contribution in [0, 0.1) is 18.3 Å². The Bertz CT molecular complexity index is 582. The summed E-state index contributed by atoms with van der Waals surface area (Å²) in [5.41, 5.74) is 9.69. The van der Waals surface area contributed by atoms with Crippen LogP contribution in [-0.2, 0) is 6.54 Å². The Morgan fingerprint density at radius 1 is 1.33 bits per heavy atom. The standard InChI is InChI=1S/C14H14N4/c1-10-5-6-11(8-17-10)9-18-13-4-2-3-12(7-15)14(13)16/h2-6,8,18H,9,16H2,1H3. The second-order valence-corrected chi connectivity index (χ2v) is 4.04. The zero-order chi connectivity index (χ0) is 13.0. The third-order valence-corrected chi connectivity index (χ3v) is 2.68. The van der Waals surface area contributed by atoms with Gasteiger partial charge in [-0.25, -0.2) is 0 Å². The molecule has 4 heteroatoms. The summed E-state index contributed by atoms with van der Waals surface area (Å²) in [5, 5.41) is 12.1. The van der Waals surface area contributed by atoms with Crippen LogP contribution >= 0.6 is 0 Å². The summed E-state index contributed by atoms with van der Waals surface area (Å²) in [4.78, 5) is 4.22. The number of para-hydroxylation sites is 1. The van der Waals surface area contributed by atoms with Crippen molar-refractivity contribution in [3.63, 3.8) is 0 Å². The first-order chi connectivity index (χ1) is 8.70. The molecule has 3 N–H and O–H groups in total. The first kappa shape index (κ1) is 11.9. The van der Waals surface area contributed by atoms with Crippen LogP contribution in [0.15, 0.2) is 36.5 Å². The van der Waals surface area contributed by atoms with Gasteiger partial charge in [-0.1, -0.05) is 12.1 Å². The quantitative estimate of drug-likeness (QED) is 0.805. The van der Waals surface area contributed by atoms with Gasteiger partial charge in [0.1, 0.15) is 6.07 Å². The van der Waals surface area contributed by atoms with Crippen LogP contribution < -0.4 is 11.1 Å². The lowest BCUT2D eigenvalue weighted by Gasteiger charge is -2.10. The summed E-state index contributed by atoms with van der Waals surface area (Å²) in [7, 11) is 0. The Morgan fingerprint density at radius 2 is 2.17 bits per heavy atom. The lowest BCUT2D eigenvalue weighted by Crippen LogP contribution is -2.04. The molecular weight excluding hydrogens is 224 g/mol. The van der Waals surface area contributed by atoms with E-state index in [1.807, 2.05) is 37.4 Å². The van der Waals surface area contributed by atoms with Gasteiger partial charge < -0.3 is 11.1 Å². The Balaban J connectivity index is 2.11. The monoisotopic (exact) mass is 238 g/mol. The number of rotatable bonds is 3. The van der Waals surface area contributed by atoms with Crippen molar-refractivity contribution in [1.82, 2.24) is 4.98 Å². The molecule has 0 spiro atoms. The van der Waals surface area contributed by atoms with Gasteiger partial charge in [-0.15, -0.1) is 0 Å². The van der Waals surface area contributed by atoms with Crippen molar-refractivity contribution in [2.45, 2.75) is 13.5 Å². The van der Waals surface area contributed by atoms with Gasteiger partial charge in [-0.05, 0) is 30.7 Å². The first-order valence-electron chi connectivity index (χ1n) is 5.64. The van der Waals surface area contributed by atoms with E-state index in [1.165, 1.54) is 0 Å². The molecule has 1 aromatic heterocycles. The highest BCUT2D eigenvalue weighted by Crippen LogP contribution is 2.22. The molecule has 0 fully saturated rings. The Kier molecular flexibility index (Phi) is 3.44. The van der Waals surface area contributed by atoms with E-state index in [0.29, 0.717) is 17.8 Å². The average Bonchev–Trinajstić information content (AvgIpc) is 2.39. The number of benzene rings is 1. The molecule has 0 bridgehead atoms. The van der Waals surface area contributed by atoms with Crippen molar-refractivity contribution < 1.29 is 0 Å². The number of nitrogens with zero attached hydrogens (tertiary/aromatic N) is 2. The molecule has 18 heavy (non-hydrogen) atoms. The summed E-state index contributed by atoms with van der Waals surface area (Å²) < 4.78 is 0. The van der Waals surface area contributed by atoms with E-state index < -0.39 is 0 Å². The van der Waals surface area contributed by atoms with Crippen LogP contribution in [0.25, 0.3) is 0 Å². The largest absolute Gasteiger partial charge is 0.396 e. The maximum atomic E-state index is 8.89. The average molecular weight is 238 g/mol. The molecule has 1 heterocycles. The van der Waals surface area contributed by atoms with Crippen LogP contribution in [0.1, 0.15) is 16.8 Å². The number of pyridine rings is 1. The predicted molar refractivity (Wildman–Crippen MR) is 71.9 cm³/mol. The van der Waals surface area contributed by atoms with Gasteiger partial charge >= 0.3 is 0 Å². The Morgan fingerprint density at radius 3 is 2.83 bits per heavy atom. The molecule has 4 nitrogen and oxygen atoms in total. The molecule has 0 aliphatic heterocycles. The molecule has 0 saturated carbocycles. The second kappa shape index (κ2) is 5.19. The smallest absolute Gasteiger partial charge is 0.101 e. The highest BCUT2D eigenvalue weighted by atomic mass is 14.9. The molecule has 2 aromatic rings. The van der Waals surface area contributed by atoms with E-state index in [-0.39, 0.29) is 0 Å². The summed E-state index contributed by atoms with van der Waals surface area (Å²) >= 11 is 0. The maximum absolute atomic E-state index is 8.89. The zero-order valence-electron chi connectivity index (χ0n) is 10.1. The highest BCUT2D eigenvalue weighted by Gasteiger charge is 2.03. The van der Waals surface area contributed by atoms with Crippen LogP contribution in [0.3, 0.4) is 0 Å². The third-order valence-electron chi connectivity index (χ3n) is 2.68. The van der Waals surface area contributed by atoms with Crippen molar-refractivity contribution in [3.8, 4) is 6.07 Å². The van der Waals surface area contributed by atoms with Crippen molar-refractivity contribution in [1.29, 1.82) is 5.26 Å². The number of nitrogens with one attached hydrogen (secondary N) is 1. The molecule has 0 aliphatic carbocycles. The molecule has 0 saturated heterocycles. The summed E-state index contributed by atoms with van der Waals surface area (Å²) in [6.07, 6.45) is 1.83. The minimum absolute atomic E-state index is 0.486. The van der Waals surface area contributed by atoms with Gasteiger partial charge in [0.15, 0.2) is 0 Å². The van der Waals surface area contributed by atoms with Gasteiger partial charge in [-0.3, -0.25) is 4.98 Å². The molecule has 0 radical (unpaired) electrons. The number of aryl methyl sites for hydroxylation is 1. The maximum Gasteiger partial charge on any atom is 0.101 e.